The third-order valence-corrected chi connectivity index (χ3v) is 4.46. The number of benzene rings is 2. The van der Waals surface area contributed by atoms with Crippen LogP contribution in [0.2, 0.25) is 0 Å². The van der Waals surface area contributed by atoms with Gasteiger partial charge in [-0.15, -0.1) is 0 Å². The van der Waals surface area contributed by atoms with Crippen molar-refractivity contribution >= 4 is 29.2 Å². The molecule has 0 fully saturated rings. The van der Waals surface area contributed by atoms with Crippen LogP contribution in [-0.4, -0.2) is 23.9 Å². The van der Waals surface area contributed by atoms with Gasteiger partial charge in [-0.25, -0.2) is 4.79 Å². The van der Waals surface area contributed by atoms with Crippen LogP contribution < -0.4 is 10.6 Å². The number of anilines is 2. The lowest BCUT2D eigenvalue weighted by atomic mass is 9.97. The minimum Gasteiger partial charge on any atom is -0.449 e. The number of para-hydroxylation sites is 1. The lowest BCUT2D eigenvalue weighted by Crippen LogP contribution is -2.30. The molecule has 0 saturated carbocycles. The van der Waals surface area contributed by atoms with Gasteiger partial charge in [0.25, 0.3) is 5.91 Å². The summed E-state index contributed by atoms with van der Waals surface area (Å²) in [5.74, 6) is -0.888. The first-order valence-electron chi connectivity index (χ1n) is 9.30. The van der Waals surface area contributed by atoms with Crippen LogP contribution in [0, 0.1) is 0 Å². The van der Waals surface area contributed by atoms with E-state index in [0.717, 1.165) is 17.7 Å². The number of carbonyl (C=O) groups excluding carboxylic acids is 3. The molecule has 0 heterocycles. The SMILES string of the molecule is CC[C@H](C)c1ccccc1NC(=O)[C@H](C)OC(=O)c1ccc(NC(C)=O)cc1. The van der Waals surface area contributed by atoms with Crippen molar-refractivity contribution < 1.29 is 19.1 Å². The van der Waals surface area contributed by atoms with E-state index in [1.54, 1.807) is 12.1 Å². The van der Waals surface area contributed by atoms with Gasteiger partial charge >= 0.3 is 5.97 Å². The second-order valence-corrected chi connectivity index (χ2v) is 6.69. The molecule has 2 atom stereocenters. The van der Waals surface area contributed by atoms with E-state index in [-0.39, 0.29) is 11.8 Å². The number of carbonyl (C=O) groups is 3. The highest BCUT2D eigenvalue weighted by molar-refractivity contribution is 5.98. The molecular weight excluding hydrogens is 356 g/mol. The molecule has 2 aromatic carbocycles. The molecule has 6 nitrogen and oxygen atoms in total. The predicted octanol–water partition coefficient (Wildman–Crippen LogP) is 4.34. The van der Waals surface area contributed by atoms with E-state index < -0.39 is 12.1 Å². The molecule has 0 unspecified atom stereocenters. The summed E-state index contributed by atoms with van der Waals surface area (Å²) >= 11 is 0. The van der Waals surface area contributed by atoms with Gasteiger partial charge in [-0.1, -0.05) is 32.0 Å². The molecule has 2 N–H and O–H groups in total. The summed E-state index contributed by atoms with van der Waals surface area (Å²) in [6.45, 7) is 7.12. The first-order chi connectivity index (χ1) is 13.3. The molecule has 2 amide bonds. The molecule has 0 spiro atoms. The van der Waals surface area contributed by atoms with Crippen LogP contribution in [0.25, 0.3) is 0 Å². The second kappa shape index (κ2) is 9.69. The Morgan fingerprint density at radius 2 is 1.61 bits per heavy atom. The summed E-state index contributed by atoms with van der Waals surface area (Å²) < 4.78 is 5.28. The standard InChI is InChI=1S/C22H26N2O4/c1-5-14(2)19-8-6-7-9-20(19)24-21(26)15(3)28-22(27)17-10-12-18(13-11-17)23-16(4)25/h6-15H,5H2,1-4H3,(H,23,25)(H,24,26)/t14-,15-/m0/s1. The summed E-state index contributed by atoms with van der Waals surface area (Å²) in [6, 6.07) is 13.9. The van der Waals surface area contributed by atoms with E-state index in [1.807, 2.05) is 24.3 Å². The van der Waals surface area contributed by atoms with Crippen LogP contribution in [0.4, 0.5) is 11.4 Å². The third-order valence-electron chi connectivity index (χ3n) is 4.46. The molecule has 0 aromatic heterocycles. The molecule has 28 heavy (non-hydrogen) atoms. The summed E-state index contributed by atoms with van der Waals surface area (Å²) in [4.78, 5) is 35.8. The van der Waals surface area contributed by atoms with Crippen LogP contribution in [0.3, 0.4) is 0 Å². The Bertz CT molecular complexity index is 846. The normalized spacial score (nSPS) is 12.6. The van der Waals surface area contributed by atoms with Crippen molar-refractivity contribution in [2.45, 2.75) is 46.1 Å². The van der Waals surface area contributed by atoms with Gasteiger partial charge in [0.05, 0.1) is 5.56 Å². The molecule has 0 aliphatic rings. The lowest BCUT2D eigenvalue weighted by Gasteiger charge is -2.18. The van der Waals surface area contributed by atoms with Gasteiger partial charge in [0.1, 0.15) is 0 Å². The van der Waals surface area contributed by atoms with E-state index in [2.05, 4.69) is 24.5 Å². The van der Waals surface area contributed by atoms with Crippen molar-refractivity contribution in [2.75, 3.05) is 10.6 Å². The molecule has 0 bridgehead atoms. The summed E-state index contributed by atoms with van der Waals surface area (Å²) in [5.41, 5.74) is 2.65. The van der Waals surface area contributed by atoms with Crippen molar-refractivity contribution in [3.63, 3.8) is 0 Å². The van der Waals surface area contributed by atoms with E-state index in [9.17, 15) is 14.4 Å². The number of rotatable bonds is 7. The van der Waals surface area contributed by atoms with Crippen molar-refractivity contribution in [1.29, 1.82) is 0 Å². The largest absolute Gasteiger partial charge is 0.449 e. The fourth-order valence-corrected chi connectivity index (χ4v) is 2.67. The van der Waals surface area contributed by atoms with Crippen molar-refractivity contribution in [1.82, 2.24) is 0 Å². The number of ether oxygens (including phenoxy) is 1. The van der Waals surface area contributed by atoms with Crippen LogP contribution in [0.15, 0.2) is 48.5 Å². The van der Waals surface area contributed by atoms with Gasteiger partial charge in [-0.2, -0.15) is 0 Å². The van der Waals surface area contributed by atoms with Gasteiger partial charge < -0.3 is 15.4 Å². The average Bonchev–Trinajstić information content (AvgIpc) is 2.67. The number of hydrogen-bond donors (Lipinski definition) is 2. The predicted molar refractivity (Wildman–Crippen MR) is 109 cm³/mol. The number of esters is 1. The van der Waals surface area contributed by atoms with Gasteiger partial charge in [0, 0.05) is 18.3 Å². The molecule has 0 aliphatic carbocycles. The van der Waals surface area contributed by atoms with Crippen LogP contribution in [0.5, 0.6) is 0 Å². The zero-order chi connectivity index (χ0) is 20.7. The van der Waals surface area contributed by atoms with E-state index in [0.29, 0.717) is 17.2 Å². The van der Waals surface area contributed by atoms with Gasteiger partial charge in [0.2, 0.25) is 5.91 Å². The molecule has 2 rings (SSSR count). The summed E-state index contributed by atoms with van der Waals surface area (Å²) in [5, 5.41) is 5.47. The second-order valence-electron chi connectivity index (χ2n) is 6.69. The maximum atomic E-state index is 12.5. The van der Waals surface area contributed by atoms with Gasteiger partial charge in [0.15, 0.2) is 6.10 Å². The Morgan fingerprint density at radius 1 is 0.964 bits per heavy atom. The molecule has 0 radical (unpaired) electrons. The smallest absolute Gasteiger partial charge is 0.338 e. The van der Waals surface area contributed by atoms with Crippen molar-refractivity contribution in [3.05, 3.63) is 59.7 Å². The highest BCUT2D eigenvalue weighted by Gasteiger charge is 2.20. The maximum absolute atomic E-state index is 12.5. The summed E-state index contributed by atoms with van der Waals surface area (Å²) in [6.07, 6.45) is -0.00108. The Hall–Kier alpha value is -3.15. The first-order valence-corrected chi connectivity index (χ1v) is 9.30. The minimum atomic E-state index is -0.951. The quantitative estimate of drug-likeness (QED) is 0.698. The number of amides is 2. The summed E-state index contributed by atoms with van der Waals surface area (Å²) in [7, 11) is 0. The molecule has 6 heteroatoms. The first kappa shape index (κ1) is 21.2. The zero-order valence-corrected chi connectivity index (χ0v) is 16.6. The van der Waals surface area contributed by atoms with E-state index in [1.165, 1.54) is 26.0 Å². The molecule has 2 aromatic rings. The Labute approximate surface area is 165 Å². The fraction of sp³-hybridized carbons (Fsp3) is 0.318. The van der Waals surface area contributed by atoms with Gasteiger partial charge in [-0.05, 0) is 55.2 Å². The molecule has 0 saturated heterocycles. The van der Waals surface area contributed by atoms with Crippen molar-refractivity contribution in [2.24, 2.45) is 0 Å². The number of nitrogens with one attached hydrogen (secondary N) is 2. The molecule has 148 valence electrons. The van der Waals surface area contributed by atoms with Crippen molar-refractivity contribution in [3.8, 4) is 0 Å². The Kier molecular flexibility index (Phi) is 7.32. The fourth-order valence-electron chi connectivity index (χ4n) is 2.67. The van der Waals surface area contributed by atoms with Crippen LogP contribution in [0.1, 0.15) is 56.0 Å². The maximum Gasteiger partial charge on any atom is 0.338 e. The van der Waals surface area contributed by atoms with Gasteiger partial charge in [-0.3, -0.25) is 9.59 Å². The zero-order valence-electron chi connectivity index (χ0n) is 16.6. The van der Waals surface area contributed by atoms with Crippen LogP contribution in [-0.2, 0) is 14.3 Å². The minimum absolute atomic E-state index is 0.196. The monoisotopic (exact) mass is 382 g/mol. The lowest BCUT2D eigenvalue weighted by molar-refractivity contribution is -0.123. The number of hydrogen-bond acceptors (Lipinski definition) is 4. The van der Waals surface area contributed by atoms with E-state index >= 15 is 0 Å². The third kappa shape index (κ3) is 5.67. The van der Waals surface area contributed by atoms with E-state index in [4.69, 9.17) is 4.74 Å². The highest BCUT2D eigenvalue weighted by atomic mass is 16.5. The average molecular weight is 382 g/mol. The molecule has 0 aliphatic heterocycles. The highest BCUT2D eigenvalue weighted by Crippen LogP contribution is 2.26. The Morgan fingerprint density at radius 3 is 2.21 bits per heavy atom. The Balaban J connectivity index is 2.00. The topological polar surface area (TPSA) is 84.5 Å². The van der Waals surface area contributed by atoms with Crippen LogP contribution >= 0.6 is 0 Å². The molecular formula is C22H26N2O4.